The number of hydrogen-bond donors (Lipinski definition) is 2. The molecule has 7 nitrogen and oxygen atoms in total. The summed E-state index contributed by atoms with van der Waals surface area (Å²) in [5.74, 6) is 0.673. The lowest BCUT2D eigenvalue weighted by molar-refractivity contribution is -0.117. The predicted octanol–water partition coefficient (Wildman–Crippen LogP) is 3.78. The van der Waals surface area contributed by atoms with Crippen molar-refractivity contribution in [1.82, 2.24) is 5.32 Å². The van der Waals surface area contributed by atoms with Crippen molar-refractivity contribution in [1.29, 1.82) is 0 Å². The molecule has 1 fully saturated rings. The number of amides is 3. The number of aryl methyl sites for hydroxylation is 1. The normalized spacial score (nSPS) is 15.8. The lowest BCUT2D eigenvalue weighted by Gasteiger charge is -2.22. The summed E-state index contributed by atoms with van der Waals surface area (Å²) in [6.45, 7) is 8.52. The van der Waals surface area contributed by atoms with Gasteiger partial charge in [-0.1, -0.05) is 6.07 Å². The quantitative estimate of drug-likeness (QED) is 0.729. The van der Waals surface area contributed by atoms with E-state index in [1.54, 1.807) is 12.0 Å². The van der Waals surface area contributed by atoms with E-state index in [0.717, 1.165) is 35.7 Å². The zero-order chi connectivity index (χ0) is 21.7. The topological polar surface area (TPSA) is 73.9 Å². The highest BCUT2D eigenvalue weighted by Crippen LogP contribution is 2.26. The van der Waals surface area contributed by atoms with E-state index in [-0.39, 0.29) is 24.4 Å². The van der Waals surface area contributed by atoms with Crippen LogP contribution in [0.15, 0.2) is 42.5 Å². The monoisotopic (exact) mass is 410 g/mol. The Balaban J connectivity index is 1.61. The summed E-state index contributed by atoms with van der Waals surface area (Å²) in [7, 11) is 1.59. The Hall–Kier alpha value is -3.22. The Kier molecular flexibility index (Phi) is 6.82. The minimum atomic E-state index is -0.306. The van der Waals surface area contributed by atoms with Crippen molar-refractivity contribution in [3.8, 4) is 5.75 Å². The van der Waals surface area contributed by atoms with Gasteiger partial charge in [0.25, 0.3) is 0 Å². The van der Waals surface area contributed by atoms with E-state index in [1.807, 2.05) is 43.3 Å². The van der Waals surface area contributed by atoms with Gasteiger partial charge in [0.15, 0.2) is 0 Å². The van der Waals surface area contributed by atoms with Crippen LogP contribution < -0.4 is 25.2 Å². The minimum absolute atomic E-state index is 0.0201. The Morgan fingerprint density at radius 3 is 2.63 bits per heavy atom. The van der Waals surface area contributed by atoms with Gasteiger partial charge in [-0.25, -0.2) is 4.79 Å². The van der Waals surface area contributed by atoms with Crippen molar-refractivity contribution < 1.29 is 14.3 Å². The number of anilines is 3. The third kappa shape index (κ3) is 4.84. The molecule has 0 aromatic heterocycles. The predicted molar refractivity (Wildman–Crippen MR) is 121 cm³/mol. The smallest absolute Gasteiger partial charge is 0.319 e. The van der Waals surface area contributed by atoms with Crippen LogP contribution in [0, 0.1) is 6.92 Å². The molecular formula is C23H30N4O3. The number of methoxy groups -OCH3 is 1. The molecule has 7 heteroatoms. The standard InChI is InChI=1S/C23H30N4O3/c1-5-26(6-2)18-10-11-21(16(3)12-18)25-23(29)24-17-13-22(28)27(15-17)19-8-7-9-20(14-19)30-4/h7-12,14,17H,5-6,13,15H2,1-4H3,(H2,24,25,29)/t17-/m1/s1. The molecule has 0 radical (unpaired) electrons. The maximum Gasteiger partial charge on any atom is 0.319 e. The number of carbonyl (C=O) groups excluding carboxylic acids is 2. The lowest BCUT2D eigenvalue weighted by Crippen LogP contribution is -2.39. The first-order chi connectivity index (χ1) is 14.4. The zero-order valence-electron chi connectivity index (χ0n) is 18.1. The van der Waals surface area contributed by atoms with Gasteiger partial charge in [-0.05, 0) is 56.7 Å². The van der Waals surface area contributed by atoms with Crippen molar-refractivity contribution in [2.75, 3.05) is 41.9 Å². The van der Waals surface area contributed by atoms with Gasteiger partial charge in [0.1, 0.15) is 5.75 Å². The van der Waals surface area contributed by atoms with Crippen LogP contribution in [-0.4, -0.2) is 44.7 Å². The molecular weight excluding hydrogens is 380 g/mol. The number of carbonyl (C=O) groups is 2. The Labute approximate surface area is 178 Å². The summed E-state index contributed by atoms with van der Waals surface area (Å²) in [6, 6.07) is 12.8. The molecule has 1 saturated heterocycles. The van der Waals surface area contributed by atoms with Gasteiger partial charge in [-0.2, -0.15) is 0 Å². The van der Waals surface area contributed by atoms with Crippen molar-refractivity contribution >= 4 is 29.0 Å². The molecule has 0 spiro atoms. The van der Waals surface area contributed by atoms with Gasteiger partial charge in [-0.3, -0.25) is 4.79 Å². The van der Waals surface area contributed by atoms with Crippen LogP contribution in [0.1, 0.15) is 25.8 Å². The third-order valence-corrected chi connectivity index (χ3v) is 5.41. The van der Waals surface area contributed by atoms with Crippen LogP contribution >= 0.6 is 0 Å². The summed E-state index contributed by atoms with van der Waals surface area (Å²) < 4.78 is 5.24. The van der Waals surface area contributed by atoms with Crippen LogP contribution in [-0.2, 0) is 4.79 Å². The fourth-order valence-electron chi connectivity index (χ4n) is 3.75. The van der Waals surface area contributed by atoms with Crippen LogP contribution in [0.5, 0.6) is 5.75 Å². The van der Waals surface area contributed by atoms with Gasteiger partial charge >= 0.3 is 6.03 Å². The van der Waals surface area contributed by atoms with Gasteiger partial charge in [-0.15, -0.1) is 0 Å². The van der Waals surface area contributed by atoms with Crippen molar-refractivity contribution in [2.24, 2.45) is 0 Å². The number of nitrogens with zero attached hydrogens (tertiary/aromatic N) is 2. The van der Waals surface area contributed by atoms with Gasteiger partial charge < -0.3 is 25.2 Å². The molecule has 30 heavy (non-hydrogen) atoms. The molecule has 2 aromatic rings. The number of rotatable bonds is 7. The molecule has 1 aliphatic rings. The molecule has 160 valence electrons. The van der Waals surface area contributed by atoms with E-state index in [1.165, 1.54) is 0 Å². The second kappa shape index (κ2) is 9.52. The second-order valence-corrected chi connectivity index (χ2v) is 7.38. The molecule has 1 aliphatic heterocycles. The first-order valence-corrected chi connectivity index (χ1v) is 10.3. The molecule has 3 amide bonds. The zero-order valence-corrected chi connectivity index (χ0v) is 18.1. The number of urea groups is 1. The van der Waals surface area contributed by atoms with E-state index in [9.17, 15) is 9.59 Å². The average molecular weight is 411 g/mol. The average Bonchev–Trinajstić information content (AvgIpc) is 3.10. The highest BCUT2D eigenvalue weighted by atomic mass is 16.5. The van der Waals surface area contributed by atoms with E-state index in [4.69, 9.17) is 4.74 Å². The van der Waals surface area contributed by atoms with Crippen LogP contribution in [0.3, 0.4) is 0 Å². The highest BCUT2D eigenvalue weighted by molar-refractivity contribution is 5.98. The van der Waals surface area contributed by atoms with Crippen LogP contribution in [0.2, 0.25) is 0 Å². The Morgan fingerprint density at radius 1 is 1.20 bits per heavy atom. The number of benzene rings is 2. The summed E-state index contributed by atoms with van der Waals surface area (Å²) in [5.41, 5.74) is 3.66. The summed E-state index contributed by atoms with van der Waals surface area (Å²) in [6.07, 6.45) is 0.268. The van der Waals surface area contributed by atoms with E-state index >= 15 is 0 Å². The fraction of sp³-hybridized carbons (Fsp3) is 0.391. The third-order valence-electron chi connectivity index (χ3n) is 5.41. The van der Waals surface area contributed by atoms with Gasteiger partial charge in [0.2, 0.25) is 5.91 Å². The van der Waals surface area contributed by atoms with Crippen molar-refractivity contribution in [2.45, 2.75) is 33.2 Å². The van der Waals surface area contributed by atoms with Crippen LogP contribution in [0.4, 0.5) is 21.9 Å². The molecule has 0 aliphatic carbocycles. The SMILES string of the molecule is CCN(CC)c1ccc(NC(=O)N[C@@H]2CC(=O)N(c3cccc(OC)c3)C2)c(C)c1. The van der Waals surface area contributed by atoms with Crippen LogP contribution in [0.25, 0.3) is 0 Å². The van der Waals surface area contributed by atoms with Gasteiger partial charge in [0.05, 0.1) is 13.2 Å². The number of ether oxygens (including phenoxy) is 1. The Bertz CT molecular complexity index is 911. The second-order valence-electron chi connectivity index (χ2n) is 7.38. The molecule has 1 atom stereocenters. The number of nitrogens with one attached hydrogen (secondary N) is 2. The van der Waals surface area contributed by atoms with Crippen molar-refractivity contribution in [3.63, 3.8) is 0 Å². The molecule has 3 rings (SSSR count). The first-order valence-electron chi connectivity index (χ1n) is 10.3. The van der Waals surface area contributed by atoms with E-state index in [2.05, 4.69) is 35.4 Å². The molecule has 2 N–H and O–H groups in total. The largest absolute Gasteiger partial charge is 0.497 e. The summed E-state index contributed by atoms with van der Waals surface area (Å²) in [4.78, 5) is 28.9. The molecule has 2 aromatic carbocycles. The maximum atomic E-state index is 12.5. The summed E-state index contributed by atoms with van der Waals surface area (Å²) in [5, 5.41) is 5.83. The van der Waals surface area contributed by atoms with Crippen molar-refractivity contribution in [3.05, 3.63) is 48.0 Å². The molecule has 0 bridgehead atoms. The molecule has 1 heterocycles. The number of hydrogen-bond acceptors (Lipinski definition) is 4. The van der Waals surface area contributed by atoms with E-state index < -0.39 is 0 Å². The van der Waals surface area contributed by atoms with E-state index in [0.29, 0.717) is 12.3 Å². The Morgan fingerprint density at radius 2 is 1.97 bits per heavy atom. The fourth-order valence-corrected chi connectivity index (χ4v) is 3.75. The minimum Gasteiger partial charge on any atom is -0.497 e. The van der Waals surface area contributed by atoms with Gasteiger partial charge in [0, 0.05) is 49.2 Å². The highest BCUT2D eigenvalue weighted by Gasteiger charge is 2.31. The maximum absolute atomic E-state index is 12.5. The summed E-state index contributed by atoms with van der Waals surface area (Å²) >= 11 is 0. The first kappa shape index (κ1) is 21.5. The lowest BCUT2D eigenvalue weighted by atomic mass is 10.1. The molecule has 0 saturated carbocycles. The molecule has 0 unspecified atom stereocenters.